The summed E-state index contributed by atoms with van der Waals surface area (Å²) in [5, 5.41) is 0. The molecule has 0 heterocycles. The summed E-state index contributed by atoms with van der Waals surface area (Å²) in [7, 11) is 3.34. The van der Waals surface area contributed by atoms with Crippen LogP contribution in [0.5, 0.6) is 11.5 Å². The van der Waals surface area contributed by atoms with Crippen molar-refractivity contribution < 1.29 is 14.3 Å². The van der Waals surface area contributed by atoms with Crippen LogP contribution in [0.4, 0.5) is 0 Å². The van der Waals surface area contributed by atoms with Crippen LogP contribution in [0.3, 0.4) is 0 Å². The van der Waals surface area contributed by atoms with Crippen LogP contribution >= 0.6 is 0 Å². The highest BCUT2D eigenvalue weighted by Gasteiger charge is 2.19. The van der Waals surface area contributed by atoms with E-state index in [1.54, 1.807) is 14.2 Å². The molecule has 0 N–H and O–H groups in total. The molecule has 2 aliphatic rings. The van der Waals surface area contributed by atoms with E-state index in [0.29, 0.717) is 6.42 Å². The maximum Gasteiger partial charge on any atom is 0.163 e. The highest BCUT2D eigenvalue weighted by atomic mass is 16.5. The van der Waals surface area contributed by atoms with E-state index in [0.717, 1.165) is 35.5 Å². The molecule has 2 aliphatic carbocycles. The Bertz CT molecular complexity index is 760. The third kappa shape index (κ3) is 4.50. The summed E-state index contributed by atoms with van der Waals surface area (Å²) in [5.74, 6) is 2.04. The molecule has 25 heavy (non-hydrogen) atoms. The maximum atomic E-state index is 11.2. The van der Waals surface area contributed by atoms with E-state index in [4.69, 9.17) is 9.47 Å². The zero-order valence-corrected chi connectivity index (χ0v) is 13.5. The van der Waals surface area contributed by atoms with E-state index in [2.05, 4.69) is 24.3 Å². The Kier molecular flexibility index (Phi) is 7.43. The minimum atomic E-state index is 0. The van der Waals surface area contributed by atoms with Crippen molar-refractivity contribution in [3.05, 3.63) is 64.7 Å². The molecular weight excluding hydrogens is 312 g/mol. The SMILES string of the molecule is C.C.COc1ccc2c(c1)CC=C2.COc1ccc2c(c1)CCC2=O. The van der Waals surface area contributed by atoms with Gasteiger partial charge in [-0.15, -0.1) is 0 Å². The molecule has 3 heteroatoms. The Balaban J connectivity index is 0.000000232. The second-order valence-corrected chi connectivity index (χ2v) is 5.62. The fourth-order valence-electron chi connectivity index (χ4n) is 2.92. The van der Waals surface area contributed by atoms with Crippen LogP contribution in [0.1, 0.15) is 48.3 Å². The molecule has 0 unspecified atom stereocenters. The third-order valence-electron chi connectivity index (χ3n) is 4.22. The van der Waals surface area contributed by atoms with Crippen molar-refractivity contribution in [3.63, 3.8) is 0 Å². The zero-order valence-electron chi connectivity index (χ0n) is 13.5. The molecule has 0 saturated carbocycles. The fraction of sp³-hybridized carbons (Fsp3) is 0.318. The number of ketones is 1. The quantitative estimate of drug-likeness (QED) is 0.738. The van der Waals surface area contributed by atoms with Crippen molar-refractivity contribution >= 4 is 11.9 Å². The summed E-state index contributed by atoms with van der Waals surface area (Å²) in [5.41, 5.74) is 4.69. The van der Waals surface area contributed by atoms with Crippen LogP contribution in [0, 0.1) is 0 Å². The van der Waals surface area contributed by atoms with Gasteiger partial charge in [0.15, 0.2) is 5.78 Å². The number of rotatable bonds is 2. The van der Waals surface area contributed by atoms with Gasteiger partial charge in [-0.05, 0) is 59.9 Å². The number of hydrogen-bond donors (Lipinski definition) is 0. The van der Waals surface area contributed by atoms with Crippen LogP contribution < -0.4 is 9.47 Å². The van der Waals surface area contributed by atoms with Crippen LogP contribution in [-0.2, 0) is 12.8 Å². The van der Waals surface area contributed by atoms with Crippen molar-refractivity contribution in [1.29, 1.82) is 0 Å². The molecule has 0 bridgehead atoms. The first-order valence-corrected chi connectivity index (χ1v) is 7.75. The molecule has 4 rings (SSSR count). The maximum absolute atomic E-state index is 11.2. The molecule has 0 radical (unpaired) electrons. The summed E-state index contributed by atoms with van der Waals surface area (Å²) in [6.45, 7) is 0. The Morgan fingerprint density at radius 3 is 2.16 bits per heavy atom. The molecule has 0 saturated heterocycles. The lowest BCUT2D eigenvalue weighted by Gasteiger charge is -2.02. The highest BCUT2D eigenvalue weighted by molar-refractivity contribution is 6.00. The molecular formula is C22H28O3. The largest absolute Gasteiger partial charge is 0.497 e. The first-order chi connectivity index (χ1) is 11.2. The van der Waals surface area contributed by atoms with Crippen molar-refractivity contribution in [2.45, 2.75) is 34.1 Å². The second-order valence-electron chi connectivity index (χ2n) is 5.62. The number of hydrogen-bond acceptors (Lipinski definition) is 3. The number of ether oxygens (including phenoxy) is 2. The predicted octanol–water partition coefficient (Wildman–Crippen LogP) is 5.36. The minimum absolute atomic E-state index is 0. The van der Waals surface area contributed by atoms with Gasteiger partial charge in [0.1, 0.15) is 11.5 Å². The van der Waals surface area contributed by atoms with Gasteiger partial charge in [-0.25, -0.2) is 0 Å². The third-order valence-corrected chi connectivity index (χ3v) is 4.22. The van der Waals surface area contributed by atoms with Crippen molar-refractivity contribution in [2.24, 2.45) is 0 Å². The molecule has 0 aliphatic heterocycles. The number of methoxy groups -OCH3 is 2. The highest BCUT2D eigenvalue weighted by Crippen LogP contribution is 2.26. The summed E-state index contributed by atoms with van der Waals surface area (Å²) in [4.78, 5) is 11.2. The van der Waals surface area contributed by atoms with E-state index in [9.17, 15) is 4.79 Å². The monoisotopic (exact) mass is 340 g/mol. The molecule has 134 valence electrons. The summed E-state index contributed by atoms with van der Waals surface area (Å²) in [6.07, 6.45) is 6.89. The molecule has 0 atom stereocenters. The molecule has 0 fully saturated rings. The molecule has 0 spiro atoms. The number of allylic oxidation sites excluding steroid dienone is 1. The van der Waals surface area contributed by atoms with E-state index in [-0.39, 0.29) is 20.6 Å². The average molecular weight is 340 g/mol. The van der Waals surface area contributed by atoms with E-state index in [1.165, 1.54) is 11.1 Å². The smallest absolute Gasteiger partial charge is 0.163 e. The van der Waals surface area contributed by atoms with E-state index in [1.807, 2.05) is 24.3 Å². The molecule has 2 aromatic rings. The summed E-state index contributed by atoms with van der Waals surface area (Å²) >= 11 is 0. The second kappa shape index (κ2) is 9.07. The minimum Gasteiger partial charge on any atom is -0.497 e. The lowest BCUT2D eigenvalue weighted by atomic mass is 10.1. The van der Waals surface area contributed by atoms with Gasteiger partial charge in [0.25, 0.3) is 0 Å². The van der Waals surface area contributed by atoms with Crippen LogP contribution in [0.25, 0.3) is 6.08 Å². The zero-order chi connectivity index (χ0) is 16.2. The number of fused-ring (bicyclic) bond motifs is 2. The molecule has 2 aromatic carbocycles. The number of benzene rings is 2. The molecule has 0 aromatic heterocycles. The Hall–Kier alpha value is -2.55. The van der Waals surface area contributed by atoms with Gasteiger partial charge in [0.05, 0.1) is 14.2 Å². The Morgan fingerprint density at radius 2 is 1.48 bits per heavy atom. The topological polar surface area (TPSA) is 35.5 Å². The summed E-state index contributed by atoms with van der Waals surface area (Å²) in [6, 6.07) is 11.8. The van der Waals surface area contributed by atoms with Crippen LogP contribution in [0.2, 0.25) is 0 Å². The fourth-order valence-corrected chi connectivity index (χ4v) is 2.92. The van der Waals surface area contributed by atoms with Gasteiger partial charge in [-0.2, -0.15) is 0 Å². The van der Waals surface area contributed by atoms with Crippen molar-refractivity contribution in [1.82, 2.24) is 0 Å². The molecule has 0 amide bonds. The van der Waals surface area contributed by atoms with E-state index >= 15 is 0 Å². The Labute approximate surface area is 151 Å². The predicted molar refractivity (Wildman–Crippen MR) is 105 cm³/mol. The van der Waals surface area contributed by atoms with Gasteiger partial charge in [-0.3, -0.25) is 4.79 Å². The van der Waals surface area contributed by atoms with Crippen LogP contribution in [-0.4, -0.2) is 20.0 Å². The standard InChI is InChI=1S/C10H10O2.C10H10O.2CH4/c1-12-8-3-4-9-7(6-8)2-5-10(9)11;1-11-10-6-5-8-3-2-4-9(8)7-10;;/h3-4,6H,2,5H2,1H3;2-3,5-7H,4H2,1H3;2*1H4. The number of carbonyl (C=O) groups excluding carboxylic acids is 1. The molecule has 3 nitrogen and oxygen atoms in total. The van der Waals surface area contributed by atoms with Gasteiger partial charge in [0.2, 0.25) is 0 Å². The number of Topliss-reactive ketones (excluding diaryl/α,β-unsaturated/α-hetero) is 1. The normalized spacial score (nSPS) is 12.8. The lowest BCUT2D eigenvalue weighted by Crippen LogP contribution is -1.91. The van der Waals surface area contributed by atoms with Crippen molar-refractivity contribution in [2.75, 3.05) is 14.2 Å². The van der Waals surface area contributed by atoms with Crippen molar-refractivity contribution in [3.8, 4) is 11.5 Å². The van der Waals surface area contributed by atoms with Gasteiger partial charge >= 0.3 is 0 Å². The van der Waals surface area contributed by atoms with Gasteiger partial charge < -0.3 is 9.47 Å². The first-order valence-electron chi connectivity index (χ1n) is 7.75. The first kappa shape index (κ1) is 20.5. The lowest BCUT2D eigenvalue weighted by molar-refractivity contribution is 0.0994. The van der Waals surface area contributed by atoms with E-state index < -0.39 is 0 Å². The average Bonchev–Trinajstić information content (AvgIpc) is 3.21. The number of aryl methyl sites for hydroxylation is 1. The Morgan fingerprint density at radius 1 is 0.840 bits per heavy atom. The number of carbonyl (C=O) groups is 1. The van der Waals surface area contributed by atoms with Gasteiger partial charge in [0, 0.05) is 12.0 Å². The summed E-state index contributed by atoms with van der Waals surface area (Å²) < 4.78 is 10.2. The van der Waals surface area contributed by atoms with Crippen LogP contribution in [0.15, 0.2) is 42.5 Å². The van der Waals surface area contributed by atoms with Gasteiger partial charge in [-0.1, -0.05) is 33.1 Å².